The summed E-state index contributed by atoms with van der Waals surface area (Å²) in [6, 6.07) is 0. The Balaban J connectivity index is 2.09. The topological polar surface area (TPSA) is 111 Å². The number of nitrogens with one attached hydrogen (secondary N) is 2. The van der Waals surface area contributed by atoms with Gasteiger partial charge < -0.3 is 20.1 Å². The Morgan fingerprint density at radius 1 is 1.21 bits per heavy atom. The number of carbonyl (C=O) groups is 4. The molecule has 2 rings (SSSR count). The molecule has 0 bridgehead atoms. The third-order valence-electron chi connectivity index (χ3n) is 4.26. The molecule has 1 unspecified atom stereocenters. The maximum Gasteiger partial charge on any atom is 0.341 e. The Morgan fingerprint density at radius 3 is 2.57 bits per heavy atom. The van der Waals surface area contributed by atoms with Crippen LogP contribution < -0.4 is 10.6 Å². The molecular formula is C19H24N2O6S. The number of carbonyl (C=O) groups excluding carboxylic acids is 4. The molecule has 0 spiro atoms. The van der Waals surface area contributed by atoms with Gasteiger partial charge in [-0.05, 0) is 38.7 Å². The molecule has 0 saturated heterocycles. The molecule has 1 aromatic rings. The number of amides is 2. The van der Waals surface area contributed by atoms with Crippen molar-refractivity contribution in [1.82, 2.24) is 5.32 Å². The van der Waals surface area contributed by atoms with Crippen LogP contribution >= 0.6 is 11.3 Å². The molecule has 1 aliphatic carbocycles. The van der Waals surface area contributed by atoms with E-state index in [1.807, 2.05) is 12.2 Å². The van der Waals surface area contributed by atoms with Gasteiger partial charge in [-0.15, -0.1) is 11.3 Å². The van der Waals surface area contributed by atoms with Gasteiger partial charge in [0.05, 0.1) is 23.0 Å². The highest BCUT2D eigenvalue weighted by Crippen LogP contribution is 2.33. The van der Waals surface area contributed by atoms with Crippen molar-refractivity contribution in [2.75, 3.05) is 25.6 Å². The van der Waals surface area contributed by atoms with Crippen LogP contribution in [0.2, 0.25) is 0 Å². The molecule has 0 aliphatic heterocycles. The van der Waals surface area contributed by atoms with E-state index < -0.39 is 24.5 Å². The highest BCUT2D eigenvalue weighted by Gasteiger charge is 2.27. The second-order valence-corrected chi connectivity index (χ2v) is 7.22. The molecule has 2 amide bonds. The summed E-state index contributed by atoms with van der Waals surface area (Å²) in [7, 11) is 1.48. The first-order chi connectivity index (χ1) is 13.4. The second-order valence-electron chi connectivity index (χ2n) is 6.20. The third kappa shape index (κ3) is 5.19. The molecule has 0 saturated carbocycles. The van der Waals surface area contributed by atoms with E-state index in [1.54, 1.807) is 13.8 Å². The van der Waals surface area contributed by atoms with Crippen LogP contribution in [0.25, 0.3) is 0 Å². The van der Waals surface area contributed by atoms with Gasteiger partial charge in [0.25, 0.3) is 11.8 Å². The first-order valence-electron chi connectivity index (χ1n) is 9.03. The lowest BCUT2D eigenvalue weighted by Gasteiger charge is -2.16. The van der Waals surface area contributed by atoms with Crippen LogP contribution in [0.4, 0.5) is 5.00 Å². The summed E-state index contributed by atoms with van der Waals surface area (Å²) in [6.07, 6.45) is 6.05. The summed E-state index contributed by atoms with van der Waals surface area (Å²) < 4.78 is 10.1. The Kier molecular flexibility index (Phi) is 7.74. The smallest absolute Gasteiger partial charge is 0.341 e. The van der Waals surface area contributed by atoms with Gasteiger partial charge in [0.15, 0.2) is 6.61 Å². The van der Waals surface area contributed by atoms with Gasteiger partial charge in [-0.2, -0.15) is 0 Å². The maximum atomic E-state index is 12.3. The number of hydrogen-bond acceptors (Lipinski definition) is 7. The van der Waals surface area contributed by atoms with Gasteiger partial charge in [-0.1, -0.05) is 12.2 Å². The fraction of sp³-hybridized carbons (Fsp3) is 0.474. The van der Waals surface area contributed by atoms with Crippen molar-refractivity contribution in [3.8, 4) is 0 Å². The Bertz CT molecular complexity index is 799. The third-order valence-corrected chi connectivity index (χ3v) is 5.47. The van der Waals surface area contributed by atoms with Crippen molar-refractivity contribution in [1.29, 1.82) is 0 Å². The van der Waals surface area contributed by atoms with Gasteiger partial charge in [-0.3, -0.25) is 14.4 Å². The average Bonchev–Trinajstić information content (AvgIpc) is 3.02. The molecule has 0 aromatic carbocycles. The minimum Gasteiger partial charge on any atom is -0.462 e. The van der Waals surface area contributed by atoms with E-state index in [0.29, 0.717) is 23.3 Å². The quantitative estimate of drug-likeness (QED) is 0.530. The van der Waals surface area contributed by atoms with Crippen molar-refractivity contribution < 1.29 is 28.7 Å². The van der Waals surface area contributed by atoms with Gasteiger partial charge in [0.2, 0.25) is 0 Å². The van der Waals surface area contributed by atoms with E-state index in [2.05, 4.69) is 10.6 Å². The fourth-order valence-corrected chi connectivity index (χ4v) is 3.96. The summed E-state index contributed by atoms with van der Waals surface area (Å²) in [6.45, 7) is 2.97. The van der Waals surface area contributed by atoms with Crippen molar-refractivity contribution in [3.05, 3.63) is 28.2 Å². The minimum absolute atomic E-state index is 0.127. The standard InChI is InChI=1S/C19H24N2O6S/c1-4-26-19(25)14-11(2)15(16(23)20-3)28-17(14)21-13(22)10-27-18(24)12-8-6-5-7-9-12/h5-6,12H,4,7-10H2,1-3H3,(H,20,23)(H,21,22). The molecule has 1 heterocycles. The van der Waals surface area contributed by atoms with Crippen LogP contribution in [-0.2, 0) is 19.1 Å². The molecule has 0 fully saturated rings. The maximum absolute atomic E-state index is 12.3. The van der Waals surface area contributed by atoms with Crippen molar-refractivity contribution in [2.45, 2.75) is 33.1 Å². The highest BCUT2D eigenvalue weighted by molar-refractivity contribution is 7.18. The molecule has 1 atom stereocenters. The molecule has 2 N–H and O–H groups in total. The summed E-state index contributed by atoms with van der Waals surface area (Å²) in [5, 5.41) is 5.24. The number of hydrogen-bond donors (Lipinski definition) is 2. The molecule has 28 heavy (non-hydrogen) atoms. The zero-order valence-electron chi connectivity index (χ0n) is 16.1. The number of ether oxygens (including phenoxy) is 2. The molecule has 1 aromatic heterocycles. The van der Waals surface area contributed by atoms with E-state index >= 15 is 0 Å². The number of thiophene rings is 1. The SMILES string of the molecule is CCOC(=O)c1c(NC(=O)COC(=O)C2CC=CCC2)sc(C(=O)NC)c1C. The van der Waals surface area contributed by atoms with E-state index in [1.165, 1.54) is 7.05 Å². The van der Waals surface area contributed by atoms with Gasteiger partial charge in [-0.25, -0.2) is 4.79 Å². The lowest BCUT2D eigenvalue weighted by Crippen LogP contribution is -2.25. The van der Waals surface area contributed by atoms with Gasteiger partial charge in [0.1, 0.15) is 5.00 Å². The van der Waals surface area contributed by atoms with Crippen molar-refractivity contribution in [2.24, 2.45) is 5.92 Å². The Labute approximate surface area is 167 Å². The molecule has 9 heteroatoms. The van der Waals surface area contributed by atoms with Crippen LogP contribution in [0.5, 0.6) is 0 Å². The summed E-state index contributed by atoms with van der Waals surface area (Å²) in [5.41, 5.74) is 0.548. The van der Waals surface area contributed by atoms with Crippen LogP contribution in [0.15, 0.2) is 12.2 Å². The van der Waals surface area contributed by atoms with E-state index in [0.717, 1.165) is 17.8 Å². The fourth-order valence-electron chi connectivity index (χ4n) is 2.81. The van der Waals surface area contributed by atoms with Crippen LogP contribution in [0.1, 0.15) is 51.8 Å². The van der Waals surface area contributed by atoms with Crippen molar-refractivity contribution in [3.63, 3.8) is 0 Å². The summed E-state index contributed by atoms with van der Waals surface area (Å²) in [5.74, 6) is -2.25. The average molecular weight is 408 g/mol. The minimum atomic E-state index is -0.632. The largest absolute Gasteiger partial charge is 0.462 e. The van der Waals surface area contributed by atoms with Gasteiger partial charge in [0, 0.05) is 7.05 Å². The first-order valence-corrected chi connectivity index (χ1v) is 9.84. The predicted octanol–water partition coefficient (Wildman–Crippen LogP) is 2.43. The van der Waals surface area contributed by atoms with E-state index in [9.17, 15) is 19.2 Å². The lowest BCUT2D eigenvalue weighted by atomic mass is 9.95. The Morgan fingerprint density at radius 2 is 1.96 bits per heavy atom. The molecule has 152 valence electrons. The normalized spacial score (nSPS) is 15.6. The number of allylic oxidation sites excluding steroid dienone is 2. The highest BCUT2D eigenvalue weighted by atomic mass is 32.1. The monoisotopic (exact) mass is 408 g/mol. The molecule has 0 radical (unpaired) electrons. The van der Waals surface area contributed by atoms with Crippen LogP contribution in [-0.4, -0.2) is 44.0 Å². The Hall–Kier alpha value is -2.68. The van der Waals surface area contributed by atoms with Crippen molar-refractivity contribution >= 4 is 40.1 Å². The van der Waals surface area contributed by atoms with Gasteiger partial charge >= 0.3 is 11.9 Å². The van der Waals surface area contributed by atoms with E-state index in [4.69, 9.17) is 9.47 Å². The van der Waals surface area contributed by atoms with E-state index in [-0.39, 0.29) is 29.0 Å². The predicted molar refractivity (Wildman–Crippen MR) is 104 cm³/mol. The second kappa shape index (κ2) is 10.0. The summed E-state index contributed by atoms with van der Waals surface area (Å²) in [4.78, 5) is 48.9. The lowest BCUT2D eigenvalue weighted by molar-refractivity contribution is -0.151. The summed E-state index contributed by atoms with van der Waals surface area (Å²) >= 11 is 0.969. The number of esters is 2. The van der Waals surface area contributed by atoms with Crippen LogP contribution in [0, 0.1) is 12.8 Å². The molecular weight excluding hydrogens is 384 g/mol. The zero-order valence-corrected chi connectivity index (χ0v) is 16.9. The first kappa shape index (κ1) is 21.6. The zero-order chi connectivity index (χ0) is 20.7. The number of rotatable bonds is 7. The molecule has 8 nitrogen and oxygen atoms in total. The van der Waals surface area contributed by atoms with Crippen LogP contribution in [0.3, 0.4) is 0 Å². The molecule has 1 aliphatic rings. The number of anilines is 1.